The molecule has 0 spiro atoms. The summed E-state index contributed by atoms with van der Waals surface area (Å²) in [5.74, 6) is 0. The van der Waals surface area contributed by atoms with Gasteiger partial charge in [0.1, 0.15) is 0 Å². The number of rotatable bonds is 7. The first-order chi connectivity index (χ1) is 6.83. The molecule has 0 radical (unpaired) electrons. The van der Waals surface area contributed by atoms with Crippen LogP contribution in [0.25, 0.3) is 0 Å². The second-order valence-corrected chi connectivity index (χ2v) is 3.69. The van der Waals surface area contributed by atoms with Gasteiger partial charge in [-0.05, 0) is 19.8 Å². The third-order valence-electron chi connectivity index (χ3n) is 2.14. The van der Waals surface area contributed by atoms with Crippen LogP contribution >= 0.6 is 0 Å². The van der Waals surface area contributed by atoms with Gasteiger partial charge in [-0.1, -0.05) is 0 Å². The maximum atomic E-state index is 11.9. The van der Waals surface area contributed by atoms with Crippen molar-refractivity contribution in [3.63, 3.8) is 0 Å². The lowest BCUT2D eigenvalue weighted by molar-refractivity contribution is -0.139. The predicted molar refractivity (Wildman–Crippen MR) is 50.4 cm³/mol. The summed E-state index contributed by atoms with van der Waals surface area (Å²) < 4.78 is 40.8. The molecule has 0 aliphatic heterocycles. The molecule has 0 bridgehead atoms. The number of alkyl halides is 3. The Morgan fingerprint density at radius 2 is 1.87 bits per heavy atom. The fraction of sp³-hybridized carbons (Fsp3) is 1.00. The van der Waals surface area contributed by atoms with Crippen LogP contribution in [0, 0.1) is 0 Å². The molecule has 6 heteroatoms. The summed E-state index contributed by atoms with van der Waals surface area (Å²) in [6, 6.07) is 0. The molecule has 0 saturated heterocycles. The Hall–Kier alpha value is -0.330. The van der Waals surface area contributed by atoms with Crippen molar-refractivity contribution in [1.29, 1.82) is 0 Å². The third-order valence-corrected chi connectivity index (χ3v) is 2.14. The highest BCUT2D eigenvalue weighted by Gasteiger charge is 2.29. The van der Waals surface area contributed by atoms with E-state index in [1.165, 1.54) is 0 Å². The van der Waals surface area contributed by atoms with Gasteiger partial charge in [0.15, 0.2) is 0 Å². The topological polar surface area (TPSA) is 55.5 Å². The van der Waals surface area contributed by atoms with E-state index < -0.39 is 18.2 Å². The van der Waals surface area contributed by atoms with Crippen molar-refractivity contribution in [2.75, 3.05) is 19.8 Å². The first-order valence-electron chi connectivity index (χ1n) is 4.84. The van der Waals surface area contributed by atoms with Gasteiger partial charge in [-0.25, -0.2) is 0 Å². The van der Waals surface area contributed by atoms with E-state index >= 15 is 0 Å². The molecular formula is C9H18F3NO2. The van der Waals surface area contributed by atoms with Crippen molar-refractivity contribution in [3.05, 3.63) is 0 Å². The van der Waals surface area contributed by atoms with Crippen LogP contribution in [-0.2, 0) is 4.74 Å². The van der Waals surface area contributed by atoms with Crippen LogP contribution in [-0.4, -0.2) is 36.6 Å². The quantitative estimate of drug-likeness (QED) is 0.694. The number of hydrogen-bond acceptors (Lipinski definition) is 3. The van der Waals surface area contributed by atoms with Crippen molar-refractivity contribution in [3.8, 4) is 0 Å². The molecule has 0 aromatic carbocycles. The van der Waals surface area contributed by atoms with Gasteiger partial charge in [-0.3, -0.25) is 0 Å². The summed E-state index contributed by atoms with van der Waals surface area (Å²) >= 11 is 0. The van der Waals surface area contributed by atoms with Crippen LogP contribution < -0.4 is 5.73 Å². The van der Waals surface area contributed by atoms with Gasteiger partial charge in [0.05, 0.1) is 18.8 Å². The van der Waals surface area contributed by atoms with Crippen LogP contribution in [0.15, 0.2) is 0 Å². The number of ether oxygens (including phenoxy) is 1. The van der Waals surface area contributed by atoms with Crippen LogP contribution in [0.3, 0.4) is 0 Å². The summed E-state index contributed by atoms with van der Waals surface area (Å²) in [7, 11) is 0. The Morgan fingerprint density at radius 3 is 2.27 bits per heavy atom. The van der Waals surface area contributed by atoms with E-state index in [9.17, 15) is 13.2 Å². The van der Waals surface area contributed by atoms with Gasteiger partial charge in [-0.2, -0.15) is 13.2 Å². The highest BCUT2D eigenvalue weighted by atomic mass is 19.4. The monoisotopic (exact) mass is 229 g/mol. The average Bonchev–Trinajstić information content (AvgIpc) is 2.13. The second kappa shape index (κ2) is 6.30. The molecule has 15 heavy (non-hydrogen) atoms. The smallest absolute Gasteiger partial charge is 0.389 e. The maximum Gasteiger partial charge on any atom is 0.389 e. The minimum absolute atomic E-state index is 0.0113. The Balaban J connectivity index is 3.87. The first kappa shape index (κ1) is 14.7. The van der Waals surface area contributed by atoms with Gasteiger partial charge in [0.25, 0.3) is 0 Å². The summed E-state index contributed by atoms with van der Waals surface area (Å²) in [5, 5.41) is 8.53. The first-order valence-corrected chi connectivity index (χ1v) is 4.84. The lowest BCUT2D eigenvalue weighted by Crippen LogP contribution is -2.38. The molecule has 0 aromatic heterocycles. The maximum absolute atomic E-state index is 11.9. The molecule has 1 atom stereocenters. The zero-order valence-corrected chi connectivity index (χ0v) is 8.81. The van der Waals surface area contributed by atoms with E-state index in [1.54, 1.807) is 6.92 Å². The highest BCUT2D eigenvalue weighted by molar-refractivity contribution is 4.76. The zero-order valence-electron chi connectivity index (χ0n) is 8.81. The van der Waals surface area contributed by atoms with Gasteiger partial charge >= 0.3 is 6.18 Å². The van der Waals surface area contributed by atoms with Crippen molar-refractivity contribution in [1.82, 2.24) is 0 Å². The van der Waals surface area contributed by atoms with E-state index in [1.807, 2.05) is 0 Å². The van der Waals surface area contributed by atoms with Crippen LogP contribution in [0.5, 0.6) is 0 Å². The molecule has 3 N–H and O–H groups in total. The molecule has 3 nitrogen and oxygen atoms in total. The Morgan fingerprint density at radius 1 is 1.27 bits per heavy atom. The number of aliphatic hydroxyl groups excluding tert-OH is 1. The molecule has 0 amide bonds. The summed E-state index contributed by atoms with van der Waals surface area (Å²) in [6.45, 7) is 1.73. The van der Waals surface area contributed by atoms with E-state index in [0.29, 0.717) is 0 Å². The standard InChI is InChI=1S/C9H18F3NO2/c1-8(7-13,15-6-5-14)3-2-4-9(10,11)12/h14H,2-7,13H2,1H3. The van der Waals surface area contributed by atoms with Gasteiger partial charge in [0, 0.05) is 13.0 Å². The van der Waals surface area contributed by atoms with Crippen molar-refractivity contribution < 1.29 is 23.0 Å². The molecule has 92 valence electrons. The number of halogens is 3. The average molecular weight is 229 g/mol. The summed E-state index contributed by atoms with van der Waals surface area (Å²) in [4.78, 5) is 0. The zero-order chi connectivity index (χ0) is 11.9. The molecule has 0 aliphatic rings. The summed E-state index contributed by atoms with van der Waals surface area (Å²) in [6.07, 6.45) is -4.73. The minimum Gasteiger partial charge on any atom is -0.394 e. The Labute approximate surface area is 87.4 Å². The van der Waals surface area contributed by atoms with E-state index in [4.69, 9.17) is 15.6 Å². The van der Waals surface area contributed by atoms with Crippen LogP contribution in [0.4, 0.5) is 13.2 Å². The fourth-order valence-electron chi connectivity index (χ4n) is 1.19. The fourth-order valence-corrected chi connectivity index (χ4v) is 1.19. The Bertz CT molecular complexity index is 175. The third kappa shape index (κ3) is 7.58. The normalized spacial score (nSPS) is 16.4. The summed E-state index contributed by atoms with van der Waals surface area (Å²) in [5.41, 5.74) is 4.64. The largest absolute Gasteiger partial charge is 0.394 e. The van der Waals surface area contributed by atoms with Crippen molar-refractivity contribution in [2.24, 2.45) is 5.73 Å². The molecule has 0 aromatic rings. The van der Waals surface area contributed by atoms with Crippen LogP contribution in [0.1, 0.15) is 26.2 Å². The van der Waals surface area contributed by atoms with Crippen LogP contribution in [0.2, 0.25) is 0 Å². The number of hydrogen-bond donors (Lipinski definition) is 2. The molecule has 0 heterocycles. The van der Waals surface area contributed by atoms with E-state index in [2.05, 4.69) is 0 Å². The SMILES string of the molecule is CC(CN)(CCCC(F)(F)F)OCCO. The number of nitrogens with two attached hydrogens (primary N) is 1. The van der Waals surface area contributed by atoms with Gasteiger partial charge in [0.2, 0.25) is 0 Å². The predicted octanol–water partition coefficient (Wildman–Crippen LogP) is 1.45. The highest BCUT2D eigenvalue weighted by Crippen LogP contribution is 2.25. The lowest BCUT2D eigenvalue weighted by Gasteiger charge is -2.28. The van der Waals surface area contributed by atoms with Crippen molar-refractivity contribution >= 4 is 0 Å². The molecule has 0 rings (SSSR count). The molecule has 0 saturated carbocycles. The molecular weight excluding hydrogens is 211 g/mol. The molecule has 1 unspecified atom stereocenters. The minimum atomic E-state index is -4.13. The Kier molecular flexibility index (Phi) is 6.16. The van der Waals surface area contributed by atoms with Gasteiger partial charge in [-0.15, -0.1) is 0 Å². The second-order valence-electron chi connectivity index (χ2n) is 3.69. The molecule has 0 fully saturated rings. The van der Waals surface area contributed by atoms with E-state index in [-0.39, 0.29) is 32.6 Å². The van der Waals surface area contributed by atoms with Gasteiger partial charge < -0.3 is 15.6 Å². The van der Waals surface area contributed by atoms with Crippen molar-refractivity contribution in [2.45, 2.75) is 38.0 Å². The lowest BCUT2D eigenvalue weighted by atomic mass is 9.99. The number of aliphatic hydroxyl groups is 1. The molecule has 0 aliphatic carbocycles. The van der Waals surface area contributed by atoms with E-state index in [0.717, 1.165) is 0 Å².